The van der Waals surface area contributed by atoms with Gasteiger partial charge in [0.2, 0.25) is 0 Å². The first kappa shape index (κ1) is 20.0. The Morgan fingerprint density at radius 3 is 2.62 bits per heavy atom. The molecular formula is C18H24ClN3O4. The van der Waals surface area contributed by atoms with Crippen LogP contribution in [0.25, 0.3) is 0 Å². The zero-order valence-corrected chi connectivity index (χ0v) is 15.3. The summed E-state index contributed by atoms with van der Waals surface area (Å²) in [6.45, 7) is 1.67. The molecule has 1 aromatic carbocycles. The van der Waals surface area contributed by atoms with E-state index in [9.17, 15) is 14.4 Å². The van der Waals surface area contributed by atoms with Crippen LogP contribution in [0.2, 0.25) is 5.02 Å². The summed E-state index contributed by atoms with van der Waals surface area (Å²) in [5, 5.41) is 14.5. The van der Waals surface area contributed by atoms with Gasteiger partial charge in [-0.05, 0) is 31.0 Å². The Balaban J connectivity index is 1.76. The highest BCUT2D eigenvalue weighted by atomic mass is 35.5. The number of carboxylic acid groups (broad SMARTS) is 1. The lowest BCUT2D eigenvalue weighted by molar-refractivity contribution is -0.137. The molecule has 7 nitrogen and oxygen atoms in total. The largest absolute Gasteiger partial charge is 0.481 e. The summed E-state index contributed by atoms with van der Waals surface area (Å²) in [6.07, 6.45) is 4.48. The molecule has 26 heavy (non-hydrogen) atoms. The summed E-state index contributed by atoms with van der Waals surface area (Å²) < 4.78 is 0. The number of carbonyl (C=O) groups is 3. The van der Waals surface area contributed by atoms with Crippen molar-refractivity contribution in [3.63, 3.8) is 0 Å². The van der Waals surface area contributed by atoms with Gasteiger partial charge in [-0.2, -0.15) is 0 Å². The van der Waals surface area contributed by atoms with Crippen molar-refractivity contribution in [1.29, 1.82) is 0 Å². The van der Waals surface area contributed by atoms with Crippen molar-refractivity contribution in [2.24, 2.45) is 0 Å². The fourth-order valence-corrected chi connectivity index (χ4v) is 3.01. The van der Waals surface area contributed by atoms with Crippen molar-refractivity contribution in [3.05, 3.63) is 28.8 Å². The van der Waals surface area contributed by atoms with Crippen LogP contribution < -0.4 is 15.5 Å². The van der Waals surface area contributed by atoms with E-state index < -0.39 is 5.97 Å². The predicted molar refractivity (Wildman–Crippen MR) is 99.9 cm³/mol. The number of urea groups is 1. The molecule has 0 aromatic heterocycles. The second-order valence-corrected chi connectivity index (χ2v) is 6.62. The number of nitrogens with zero attached hydrogens (tertiary/aromatic N) is 1. The molecule has 0 bridgehead atoms. The summed E-state index contributed by atoms with van der Waals surface area (Å²) >= 11 is 6.13. The maximum atomic E-state index is 12.3. The van der Waals surface area contributed by atoms with Crippen LogP contribution >= 0.6 is 11.6 Å². The number of aliphatic carboxylic acids is 1. The zero-order chi connectivity index (χ0) is 18.9. The topological polar surface area (TPSA) is 98.7 Å². The van der Waals surface area contributed by atoms with Crippen LogP contribution in [-0.4, -0.2) is 42.6 Å². The molecule has 8 heteroatoms. The van der Waals surface area contributed by atoms with Crippen molar-refractivity contribution in [1.82, 2.24) is 10.6 Å². The maximum Gasteiger partial charge on any atom is 0.321 e. The standard InChI is InChI=1S/C18H24ClN3O4/c19-15-8-7-13(22-11-10-21-18(22)26)12-14(15)17(25)20-9-5-3-1-2-4-6-16(23)24/h7-8,12H,1-6,9-11H2,(H,20,25)(H,21,26)(H,23,24). The van der Waals surface area contributed by atoms with E-state index in [0.29, 0.717) is 42.3 Å². The number of carboxylic acids is 1. The normalized spacial score (nSPS) is 13.6. The number of carbonyl (C=O) groups excluding carboxylic acids is 2. The Hall–Kier alpha value is -2.28. The number of hydrogen-bond donors (Lipinski definition) is 3. The third-order valence-electron chi connectivity index (χ3n) is 4.22. The molecule has 1 fully saturated rings. The van der Waals surface area contributed by atoms with Crippen LogP contribution in [0.1, 0.15) is 48.9 Å². The van der Waals surface area contributed by atoms with Crippen molar-refractivity contribution in [3.8, 4) is 0 Å². The molecule has 3 amide bonds. The van der Waals surface area contributed by atoms with Crippen LogP contribution in [0.3, 0.4) is 0 Å². The molecule has 0 atom stereocenters. The average Bonchev–Trinajstić information content (AvgIpc) is 3.03. The first-order valence-electron chi connectivity index (χ1n) is 8.84. The van der Waals surface area contributed by atoms with E-state index >= 15 is 0 Å². The van der Waals surface area contributed by atoms with Gasteiger partial charge in [-0.3, -0.25) is 14.5 Å². The minimum absolute atomic E-state index is 0.179. The highest BCUT2D eigenvalue weighted by Gasteiger charge is 2.22. The van der Waals surface area contributed by atoms with Crippen LogP contribution in [-0.2, 0) is 4.79 Å². The second kappa shape index (κ2) is 10.0. The Kier molecular flexibility index (Phi) is 7.72. The minimum Gasteiger partial charge on any atom is -0.481 e. The Labute approximate surface area is 157 Å². The summed E-state index contributed by atoms with van der Waals surface area (Å²) in [5.74, 6) is -1.02. The maximum absolute atomic E-state index is 12.3. The van der Waals surface area contributed by atoms with E-state index in [4.69, 9.17) is 16.7 Å². The SMILES string of the molecule is O=C(O)CCCCCCCNC(=O)c1cc(N2CCNC2=O)ccc1Cl. The molecule has 142 valence electrons. The first-order valence-corrected chi connectivity index (χ1v) is 9.22. The Morgan fingerprint density at radius 1 is 1.19 bits per heavy atom. The van der Waals surface area contributed by atoms with Crippen molar-refractivity contribution in [2.75, 3.05) is 24.5 Å². The number of benzene rings is 1. The fraction of sp³-hybridized carbons (Fsp3) is 0.500. The van der Waals surface area contributed by atoms with Gasteiger partial charge >= 0.3 is 12.0 Å². The fourth-order valence-electron chi connectivity index (χ4n) is 2.80. The summed E-state index contributed by atoms with van der Waals surface area (Å²) in [7, 11) is 0. The van der Waals surface area contributed by atoms with Crippen molar-refractivity contribution >= 4 is 35.2 Å². The quantitative estimate of drug-likeness (QED) is 0.542. The third kappa shape index (κ3) is 5.91. The van der Waals surface area contributed by atoms with Gasteiger partial charge in [0.15, 0.2) is 0 Å². The van der Waals surface area contributed by atoms with Gasteiger partial charge in [-0.1, -0.05) is 30.9 Å². The van der Waals surface area contributed by atoms with Gasteiger partial charge in [0.05, 0.1) is 10.6 Å². The molecular weight excluding hydrogens is 358 g/mol. The van der Waals surface area contributed by atoms with E-state index in [2.05, 4.69) is 10.6 Å². The summed E-state index contributed by atoms with van der Waals surface area (Å²) in [4.78, 5) is 36.1. The lowest BCUT2D eigenvalue weighted by Crippen LogP contribution is -2.29. The Morgan fingerprint density at radius 2 is 1.92 bits per heavy atom. The molecule has 1 saturated heterocycles. The smallest absolute Gasteiger partial charge is 0.321 e. The van der Waals surface area contributed by atoms with Gasteiger partial charge in [-0.25, -0.2) is 4.79 Å². The highest BCUT2D eigenvalue weighted by molar-refractivity contribution is 6.34. The molecule has 0 aliphatic carbocycles. The van der Waals surface area contributed by atoms with Crippen LogP contribution in [0.15, 0.2) is 18.2 Å². The number of rotatable bonds is 10. The molecule has 1 aliphatic heterocycles. The molecule has 0 saturated carbocycles. The molecule has 1 aromatic rings. The lowest BCUT2D eigenvalue weighted by Gasteiger charge is -2.16. The minimum atomic E-state index is -0.761. The molecule has 0 radical (unpaired) electrons. The van der Waals surface area contributed by atoms with E-state index in [1.807, 2.05) is 0 Å². The summed E-state index contributed by atoms with van der Waals surface area (Å²) in [5.41, 5.74) is 0.998. The molecule has 2 rings (SSSR count). The lowest BCUT2D eigenvalue weighted by atomic mass is 10.1. The molecule has 1 heterocycles. The van der Waals surface area contributed by atoms with Gasteiger partial charge < -0.3 is 15.7 Å². The van der Waals surface area contributed by atoms with Gasteiger partial charge in [0.25, 0.3) is 5.91 Å². The number of hydrogen-bond acceptors (Lipinski definition) is 3. The van der Waals surface area contributed by atoms with E-state index in [0.717, 1.165) is 25.7 Å². The molecule has 1 aliphatic rings. The molecule has 0 spiro atoms. The number of nitrogens with one attached hydrogen (secondary N) is 2. The van der Waals surface area contributed by atoms with Crippen LogP contribution in [0.4, 0.5) is 10.5 Å². The van der Waals surface area contributed by atoms with Crippen molar-refractivity contribution < 1.29 is 19.5 Å². The number of anilines is 1. The molecule has 0 unspecified atom stereocenters. The van der Waals surface area contributed by atoms with E-state index in [-0.39, 0.29) is 18.4 Å². The number of halogens is 1. The Bertz CT molecular complexity index is 666. The van der Waals surface area contributed by atoms with E-state index in [1.54, 1.807) is 23.1 Å². The van der Waals surface area contributed by atoms with Gasteiger partial charge in [-0.15, -0.1) is 0 Å². The summed E-state index contributed by atoms with van der Waals surface area (Å²) in [6, 6.07) is 4.80. The van der Waals surface area contributed by atoms with Crippen LogP contribution in [0, 0.1) is 0 Å². The van der Waals surface area contributed by atoms with E-state index in [1.165, 1.54) is 0 Å². The van der Waals surface area contributed by atoms with Gasteiger partial charge in [0, 0.05) is 31.7 Å². The zero-order valence-electron chi connectivity index (χ0n) is 14.6. The third-order valence-corrected chi connectivity index (χ3v) is 4.55. The van der Waals surface area contributed by atoms with Gasteiger partial charge in [0.1, 0.15) is 0 Å². The van der Waals surface area contributed by atoms with Crippen LogP contribution in [0.5, 0.6) is 0 Å². The number of unbranched alkanes of at least 4 members (excludes halogenated alkanes) is 4. The highest BCUT2D eigenvalue weighted by Crippen LogP contribution is 2.24. The number of amides is 3. The monoisotopic (exact) mass is 381 g/mol. The van der Waals surface area contributed by atoms with Crippen molar-refractivity contribution in [2.45, 2.75) is 38.5 Å². The average molecular weight is 382 g/mol. The second-order valence-electron chi connectivity index (χ2n) is 6.22. The first-order chi connectivity index (χ1) is 12.5. The molecule has 3 N–H and O–H groups in total. The predicted octanol–water partition coefficient (Wildman–Crippen LogP) is 3.02.